The minimum Gasteiger partial charge on any atom is -0.466 e. The number of ether oxygens (including phenoxy) is 1. The smallest absolute Gasteiger partial charge is 0.306 e. The zero-order chi connectivity index (χ0) is 19.6. The summed E-state index contributed by atoms with van der Waals surface area (Å²) in [5.41, 5.74) is 1.80. The highest BCUT2D eigenvalue weighted by Crippen LogP contribution is 2.19. The van der Waals surface area contributed by atoms with Gasteiger partial charge in [0.1, 0.15) is 0 Å². The number of nitrogens with one attached hydrogen (secondary N) is 1. The first-order valence-corrected chi connectivity index (χ1v) is 8.97. The van der Waals surface area contributed by atoms with Gasteiger partial charge in [-0.25, -0.2) is 0 Å². The van der Waals surface area contributed by atoms with Crippen LogP contribution in [-0.2, 0) is 14.3 Å². The van der Waals surface area contributed by atoms with Crippen LogP contribution in [0.15, 0.2) is 54.6 Å². The molecule has 0 bridgehead atoms. The molecule has 142 valence electrons. The fourth-order valence-corrected chi connectivity index (χ4v) is 2.61. The molecule has 2 aromatic rings. The summed E-state index contributed by atoms with van der Waals surface area (Å²) < 4.78 is 4.80. The van der Waals surface area contributed by atoms with Gasteiger partial charge in [0, 0.05) is 29.9 Å². The van der Waals surface area contributed by atoms with E-state index in [0.717, 1.165) is 5.69 Å². The zero-order valence-corrected chi connectivity index (χ0v) is 15.6. The first-order valence-electron chi connectivity index (χ1n) is 8.97. The third kappa shape index (κ3) is 5.95. The maximum atomic E-state index is 12.9. The van der Waals surface area contributed by atoms with E-state index in [0.29, 0.717) is 24.4 Å². The molecule has 0 saturated carbocycles. The number of nitrogens with zero attached hydrogens (tertiary/aromatic N) is 1. The van der Waals surface area contributed by atoms with Gasteiger partial charge in [-0.3, -0.25) is 14.4 Å². The number of esters is 1. The SMILES string of the molecule is CCOC(=O)CCC(=O)Nc1cccc(C(=O)N(CC)c2ccccc2)c1. The Morgan fingerprint density at radius 3 is 2.37 bits per heavy atom. The van der Waals surface area contributed by atoms with Gasteiger partial charge < -0.3 is 15.0 Å². The van der Waals surface area contributed by atoms with Crippen LogP contribution in [0.1, 0.15) is 37.0 Å². The summed E-state index contributed by atoms with van der Waals surface area (Å²) in [5, 5.41) is 2.71. The average Bonchev–Trinajstić information content (AvgIpc) is 2.68. The largest absolute Gasteiger partial charge is 0.466 e. The molecule has 0 aromatic heterocycles. The predicted octanol–water partition coefficient (Wildman–Crippen LogP) is 3.64. The molecule has 6 heteroatoms. The number of carbonyl (C=O) groups excluding carboxylic acids is 3. The van der Waals surface area contributed by atoms with Crippen LogP contribution < -0.4 is 10.2 Å². The van der Waals surface area contributed by atoms with Crippen LogP contribution in [0.2, 0.25) is 0 Å². The fourth-order valence-electron chi connectivity index (χ4n) is 2.61. The number of carbonyl (C=O) groups is 3. The molecule has 0 aliphatic rings. The Kier molecular flexibility index (Phi) is 7.55. The number of benzene rings is 2. The number of amides is 2. The lowest BCUT2D eigenvalue weighted by atomic mass is 10.1. The van der Waals surface area contributed by atoms with Gasteiger partial charge >= 0.3 is 5.97 Å². The summed E-state index contributed by atoms with van der Waals surface area (Å²) in [6, 6.07) is 16.2. The van der Waals surface area contributed by atoms with Crippen molar-refractivity contribution in [2.24, 2.45) is 0 Å². The highest BCUT2D eigenvalue weighted by Gasteiger charge is 2.16. The van der Waals surface area contributed by atoms with Gasteiger partial charge in [-0.05, 0) is 44.2 Å². The van der Waals surface area contributed by atoms with E-state index in [1.165, 1.54) is 0 Å². The van der Waals surface area contributed by atoms with E-state index in [1.54, 1.807) is 36.1 Å². The summed E-state index contributed by atoms with van der Waals surface area (Å²) in [6.07, 6.45) is 0.0536. The van der Waals surface area contributed by atoms with Gasteiger partial charge in [0.15, 0.2) is 0 Å². The third-order valence-corrected chi connectivity index (χ3v) is 3.88. The van der Waals surface area contributed by atoms with Crippen molar-refractivity contribution in [2.75, 3.05) is 23.4 Å². The van der Waals surface area contributed by atoms with Crippen molar-refractivity contribution in [1.82, 2.24) is 0 Å². The number of para-hydroxylation sites is 1. The number of anilines is 2. The molecule has 0 aliphatic carbocycles. The molecule has 1 N–H and O–H groups in total. The number of hydrogen-bond acceptors (Lipinski definition) is 4. The predicted molar refractivity (Wildman–Crippen MR) is 105 cm³/mol. The minimum absolute atomic E-state index is 0.0237. The summed E-state index contributed by atoms with van der Waals surface area (Å²) in [4.78, 5) is 37.9. The molecule has 6 nitrogen and oxygen atoms in total. The van der Waals surface area contributed by atoms with Crippen LogP contribution in [0.25, 0.3) is 0 Å². The van der Waals surface area contributed by atoms with E-state index in [1.807, 2.05) is 37.3 Å². The van der Waals surface area contributed by atoms with Crippen LogP contribution in [0.5, 0.6) is 0 Å². The fraction of sp³-hybridized carbons (Fsp3) is 0.286. The lowest BCUT2D eigenvalue weighted by Crippen LogP contribution is -2.30. The monoisotopic (exact) mass is 368 g/mol. The van der Waals surface area contributed by atoms with E-state index in [2.05, 4.69) is 5.32 Å². The normalized spacial score (nSPS) is 10.1. The Balaban J connectivity index is 2.04. The van der Waals surface area contributed by atoms with Gasteiger partial charge in [0.25, 0.3) is 5.91 Å². The Morgan fingerprint density at radius 2 is 1.70 bits per heavy atom. The van der Waals surface area contributed by atoms with Crippen LogP contribution in [-0.4, -0.2) is 30.9 Å². The zero-order valence-electron chi connectivity index (χ0n) is 15.6. The van der Waals surface area contributed by atoms with Gasteiger partial charge in [-0.2, -0.15) is 0 Å². The van der Waals surface area contributed by atoms with Crippen LogP contribution in [0.3, 0.4) is 0 Å². The number of hydrogen-bond donors (Lipinski definition) is 1. The summed E-state index contributed by atoms with van der Waals surface area (Å²) >= 11 is 0. The molecule has 0 saturated heterocycles. The highest BCUT2D eigenvalue weighted by atomic mass is 16.5. The molecule has 2 amide bonds. The van der Waals surface area contributed by atoms with E-state index >= 15 is 0 Å². The van der Waals surface area contributed by atoms with Crippen molar-refractivity contribution in [3.8, 4) is 0 Å². The average molecular weight is 368 g/mol. The summed E-state index contributed by atoms with van der Waals surface area (Å²) in [5.74, 6) is -0.854. The second-order valence-corrected chi connectivity index (χ2v) is 5.82. The Hall–Kier alpha value is -3.15. The quantitative estimate of drug-likeness (QED) is 0.722. The topological polar surface area (TPSA) is 75.7 Å². The van der Waals surface area contributed by atoms with E-state index < -0.39 is 5.97 Å². The van der Waals surface area contributed by atoms with Crippen molar-refractivity contribution in [1.29, 1.82) is 0 Å². The van der Waals surface area contributed by atoms with Crippen LogP contribution in [0.4, 0.5) is 11.4 Å². The van der Waals surface area contributed by atoms with Crippen molar-refractivity contribution >= 4 is 29.2 Å². The lowest BCUT2D eigenvalue weighted by Gasteiger charge is -2.21. The summed E-state index contributed by atoms with van der Waals surface area (Å²) in [7, 11) is 0. The first kappa shape index (κ1) is 20.2. The van der Waals surface area contributed by atoms with Crippen molar-refractivity contribution < 1.29 is 19.1 Å². The van der Waals surface area contributed by atoms with Gasteiger partial charge in [-0.1, -0.05) is 24.3 Å². The second-order valence-electron chi connectivity index (χ2n) is 5.82. The Bertz CT molecular complexity index is 790. The minimum atomic E-state index is -0.405. The van der Waals surface area contributed by atoms with Crippen molar-refractivity contribution in [3.05, 3.63) is 60.2 Å². The molecule has 2 aromatic carbocycles. The number of rotatable bonds is 8. The molecular formula is C21H24N2O4. The Morgan fingerprint density at radius 1 is 0.963 bits per heavy atom. The van der Waals surface area contributed by atoms with E-state index in [-0.39, 0.29) is 24.7 Å². The molecule has 0 unspecified atom stereocenters. The van der Waals surface area contributed by atoms with Gasteiger partial charge in [0.05, 0.1) is 13.0 Å². The lowest BCUT2D eigenvalue weighted by molar-refractivity contribution is -0.144. The van der Waals surface area contributed by atoms with Crippen LogP contribution in [0, 0.1) is 0 Å². The first-order chi connectivity index (χ1) is 13.0. The molecule has 0 spiro atoms. The van der Waals surface area contributed by atoms with Crippen molar-refractivity contribution in [2.45, 2.75) is 26.7 Å². The summed E-state index contributed by atoms with van der Waals surface area (Å²) in [6.45, 7) is 4.44. The van der Waals surface area contributed by atoms with Crippen molar-refractivity contribution in [3.63, 3.8) is 0 Å². The standard InChI is InChI=1S/C21H24N2O4/c1-3-23(18-11-6-5-7-12-18)21(26)16-9-8-10-17(15-16)22-19(24)13-14-20(25)27-4-2/h5-12,15H,3-4,13-14H2,1-2H3,(H,22,24). The molecule has 0 fully saturated rings. The molecule has 0 radical (unpaired) electrons. The maximum Gasteiger partial charge on any atom is 0.306 e. The second kappa shape index (κ2) is 10.1. The van der Waals surface area contributed by atoms with Gasteiger partial charge in [-0.15, -0.1) is 0 Å². The third-order valence-electron chi connectivity index (χ3n) is 3.88. The molecule has 0 atom stereocenters. The molecule has 0 aliphatic heterocycles. The molecule has 27 heavy (non-hydrogen) atoms. The molecule has 0 heterocycles. The van der Waals surface area contributed by atoms with Gasteiger partial charge in [0.2, 0.25) is 5.91 Å². The molecule has 2 rings (SSSR count). The van der Waals surface area contributed by atoms with E-state index in [4.69, 9.17) is 4.74 Å². The maximum absolute atomic E-state index is 12.9. The highest BCUT2D eigenvalue weighted by molar-refractivity contribution is 6.07. The Labute approximate surface area is 159 Å². The molecular weight excluding hydrogens is 344 g/mol. The van der Waals surface area contributed by atoms with Crippen LogP contribution >= 0.6 is 0 Å². The van der Waals surface area contributed by atoms with E-state index in [9.17, 15) is 14.4 Å².